The van der Waals surface area contributed by atoms with Crippen LogP contribution in [0.25, 0.3) is 0 Å². The van der Waals surface area contributed by atoms with Crippen LogP contribution >= 0.6 is 0 Å². The van der Waals surface area contributed by atoms with E-state index in [1.807, 2.05) is 0 Å². The van der Waals surface area contributed by atoms with Crippen molar-refractivity contribution in [1.82, 2.24) is 0 Å². The molecule has 0 N–H and O–H groups in total. The first-order chi connectivity index (χ1) is 7.97. The molecule has 1 aliphatic rings. The van der Waals surface area contributed by atoms with Crippen LogP contribution in [0.3, 0.4) is 0 Å². The Kier molecular flexibility index (Phi) is 5.39. The summed E-state index contributed by atoms with van der Waals surface area (Å²) in [6, 6.07) is 0. The molecule has 0 aromatic carbocycles. The second-order valence-corrected chi connectivity index (χ2v) is 6.63. The molecule has 1 saturated carbocycles. The molecule has 17 heavy (non-hydrogen) atoms. The van der Waals surface area contributed by atoms with Gasteiger partial charge in [0.15, 0.2) is 0 Å². The number of aliphatic imine (C=N–C) groups is 1. The molecule has 0 bridgehead atoms. The lowest BCUT2D eigenvalue weighted by Crippen LogP contribution is -2.21. The van der Waals surface area contributed by atoms with E-state index in [0.29, 0.717) is 5.41 Å². The van der Waals surface area contributed by atoms with Gasteiger partial charge in [-0.2, -0.15) is 4.99 Å². The zero-order valence-corrected chi connectivity index (χ0v) is 11.7. The molecule has 0 radical (unpaired) electrons. The number of hydrogen-bond donors (Lipinski definition) is 0. The maximum Gasteiger partial charge on any atom is 0.235 e. The van der Waals surface area contributed by atoms with Gasteiger partial charge in [-0.05, 0) is 38.0 Å². The molecule has 1 unspecified atom stereocenters. The van der Waals surface area contributed by atoms with Crippen molar-refractivity contribution in [3.63, 3.8) is 0 Å². The molecular formula is C15H27NO. The van der Waals surface area contributed by atoms with Crippen LogP contribution in [0.5, 0.6) is 0 Å². The van der Waals surface area contributed by atoms with Crippen molar-refractivity contribution < 1.29 is 4.79 Å². The highest BCUT2D eigenvalue weighted by Gasteiger charge is 2.25. The topological polar surface area (TPSA) is 29.4 Å². The lowest BCUT2D eigenvalue weighted by molar-refractivity contribution is 0.285. The van der Waals surface area contributed by atoms with Gasteiger partial charge in [0.1, 0.15) is 0 Å². The molecule has 0 spiro atoms. The summed E-state index contributed by atoms with van der Waals surface area (Å²) in [6.07, 6.45) is 12.7. The van der Waals surface area contributed by atoms with E-state index in [0.717, 1.165) is 12.8 Å². The van der Waals surface area contributed by atoms with Crippen molar-refractivity contribution in [3.8, 4) is 0 Å². The predicted molar refractivity (Wildman–Crippen MR) is 71.9 cm³/mol. The van der Waals surface area contributed by atoms with Crippen LogP contribution in [0, 0.1) is 5.41 Å². The second kappa shape index (κ2) is 6.35. The van der Waals surface area contributed by atoms with Gasteiger partial charge < -0.3 is 0 Å². The maximum atomic E-state index is 10.5. The molecule has 2 nitrogen and oxygen atoms in total. The van der Waals surface area contributed by atoms with Crippen molar-refractivity contribution in [2.75, 3.05) is 0 Å². The monoisotopic (exact) mass is 237 g/mol. The Morgan fingerprint density at radius 2 is 1.29 bits per heavy atom. The van der Waals surface area contributed by atoms with Gasteiger partial charge in [-0.3, -0.25) is 0 Å². The molecule has 0 aromatic rings. The van der Waals surface area contributed by atoms with Crippen LogP contribution in [0.1, 0.15) is 78.6 Å². The highest BCUT2D eigenvalue weighted by atomic mass is 16.1. The van der Waals surface area contributed by atoms with E-state index >= 15 is 0 Å². The summed E-state index contributed by atoms with van der Waals surface area (Å²) >= 11 is 0. The maximum absolute atomic E-state index is 10.5. The van der Waals surface area contributed by atoms with Crippen LogP contribution in [0.2, 0.25) is 0 Å². The molecule has 1 atom stereocenters. The lowest BCUT2D eigenvalue weighted by Gasteiger charge is -2.24. The largest absolute Gasteiger partial charge is 0.235 e. The zero-order valence-electron chi connectivity index (χ0n) is 11.7. The first kappa shape index (κ1) is 14.4. The summed E-state index contributed by atoms with van der Waals surface area (Å²) < 4.78 is 0. The molecule has 98 valence electrons. The quantitative estimate of drug-likeness (QED) is 0.483. The highest BCUT2D eigenvalue weighted by Crippen LogP contribution is 2.34. The molecule has 1 rings (SSSR count). The Hall–Kier alpha value is -0.620. The van der Waals surface area contributed by atoms with Gasteiger partial charge in [0.05, 0.1) is 5.54 Å². The molecule has 1 fully saturated rings. The molecule has 0 amide bonds. The summed E-state index contributed by atoms with van der Waals surface area (Å²) in [7, 11) is 0. The molecule has 1 aliphatic carbocycles. The summed E-state index contributed by atoms with van der Waals surface area (Å²) in [5, 5.41) is 0. The van der Waals surface area contributed by atoms with E-state index in [9.17, 15) is 4.79 Å². The van der Waals surface area contributed by atoms with Gasteiger partial charge in [0.25, 0.3) is 0 Å². The fraction of sp³-hybridized carbons (Fsp3) is 0.933. The fourth-order valence-corrected chi connectivity index (χ4v) is 2.87. The average Bonchev–Trinajstić information content (AvgIpc) is 2.26. The molecule has 0 aliphatic heterocycles. The van der Waals surface area contributed by atoms with Gasteiger partial charge in [0, 0.05) is 0 Å². The average molecular weight is 237 g/mol. The number of rotatable bonds is 1. The fourth-order valence-electron chi connectivity index (χ4n) is 2.87. The summed E-state index contributed by atoms with van der Waals surface area (Å²) in [6.45, 7) is 6.88. The number of hydrogen-bond acceptors (Lipinski definition) is 2. The Labute approximate surface area is 106 Å². The van der Waals surface area contributed by atoms with Crippen LogP contribution in [0.15, 0.2) is 4.99 Å². The van der Waals surface area contributed by atoms with Gasteiger partial charge in [-0.1, -0.05) is 46.0 Å². The molecular weight excluding hydrogens is 210 g/mol. The minimum Gasteiger partial charge on any atom is -0.211 e. The van der Waals surface area contributed by atoms with Crippen molar-refractivity contribution in [3.05, 3.63) is 0 Å². The number of isocyanates is 1. The molecule has 0 saturated heterocycles. The molecule has 0 aromatic heterocycles. The van der Waals surface area contributed by atoms with Crippen LogP contribution < -0.4 is 0 Å². The van der Waals surface area contributed by atoms with Gasteiger partial charge >= 0.3 is 0 Å². The van der Waals surface area contributed by atoms with Gasteiger partial charge in [0.2, 0.25) is 6.08 Å². The summed E-state index contributed by atoms with van der Waals surface area (Å²) in [4.78, 5) is 14.6. The smallest absolute Gasteiger partial charge is 0.211 e. The third-order valence-corrected chi connectivity index (χ3v) is 4.20. The van der Waals surface area contributed by atoms with E-state index in [1.165, 1.54) is 44.9 Å². The van der Waals surface area contributed by atoms with Gasteiger partial charge in [-0.25, -0.2) is 4.79 Å². The van der Waals surface area contributed by atoms with Crippen LogP contribution in [-0.2, 0) is 4.79 Å². The van der Waals surface area contributed by atoms with E-state index in [1.54, 1.807) is 6.08 Å². The third kappa shape index (κ3) is 5.50. The SMILES string of the molecule is CC1(C)CCCCCC(C)(N=C=O)CCCC1. The molecule has 2 heteroatoms. The second-order valence-electron chi connectivity index (χ2n) is 6.63. The Balaban J connectivity index is 2.59. The Morgan fingerprint density at radius 3 is 1.88 bits per heavy atom. The standard InChI is InChI=1S/C15H27NO/c1-14(2)9-5-4-6-11-15(3,16-13-17)12-8-7-10-14/h4-12H2,1-3H3. The zero-order chi connectivity index (χ0) is 12.8. The van der Waals surface area contributed by atoms with E-state index < -0.39 is 0 Å². The van der Waals surface area contributed by atoms with Crippen LogP contribution in [0.4, 0.5) is 0 Å². The molecule has 0 heterocycles. The predicted octanol–water partition coefficient (Wildman–Crippen LogP) is 4.63. The summed E-state index contributed by atoms with van der Waals surface area (Å²) in [5.74, 6) is 0. The van der Waals surface area contributed by atoms with E-state index in [2.05, 4.69) is 25.8 Å². The van der Waals surface area contributed by atoms with E-state index in [4.69, 9.17) is 0 Å². The van der Waals surface area contributed by atoms with Crippen molar-refractivity contribution in [2.24, 2.45) is 10.4 Å². The number of nitrogens with zero attached hydrogens (tertiary/aromatic N) is 1. The first-order valence-electron chi connectivity index (χ1n) is 7.07. The highest BCUT2D eigenvalue weighted by molar-refractivity contribution is 5.34. The third-order valence-electron chi connectivity index (χ3n) is 4.20. The summed E-state index contributed by atoms with van der Waals surface area (Å²) in [5.41, 5.74) is 0.352. The Morgan fingerprint density at radius 1 is 0.824 bits per heavy atom. The lowest BCUT2D eigenvalue weighted by atomic mass is 9.82. The first-order valence-corrected chi connectivity index (χ1v) is 7.07. The van der Waals surface area contributed by atoms with Crippen molar-refractivity contribution >= 4 is 6.08 Å². The number of carbonyl (C=O) groups excluding carboxylic acids is 1. The minimum absolute atomic E-state index is 0.143. The van der Waals surface area contributed by atoms with Crippen LogP contribution in [-0.4, -0.2) is 11.6 Å². The van der Waals surface area contributed by atoms with E-state index in [-0.39, 0.29) is 5.54 Å². The normalized spacial score (nSPS) is 31.0. The minimum atomic E-state index is -0.143. The Bertz CT molecular complexity index is 279. The van der Waals surface area contributed by atoms with Gasteiger partial charge in [-0.15, -0.1) is 0 Å². The van der Waals surface area contributed by atoms with Crippen molar-refractivity contribution in [1.29, 1.82) is 0 Å². The van der Waals surface area contributed by atoms with Crippen molar-refractivity contribution in [2.45, 2.75) is 84.1 Å².